The first-order chi connectivity index (χ1) is 10.2. The molecule has 0 saturated carbocycles. The standard InChI is InChI=1S/C16H21N5/c1-12-11-18-16(17)20-15(12)19-13-5-7-14(8-6-13)21-9-3-2-4-10-21/h5-8,11H,2-4,9-10H2,1H3,(H3,17,18,19,20). The Bertz CT molecular complexity index is 603. The fourth-order valence-corrected chi connectivity index (χ4v) is 2.63. The second-order valence-corrected chi connectivity index (χ2v) is 5.48. The van der Waals surface area contributed by atoms with Gasteiger partial charge in [0.1, 0.15) is 5.82 Å². The molecule has 1 aliphatic heterocycles. The van der Waals surface area contributed by atoms with Gasteiger partial charge in [0.15, 0.2) is 0 Å². The highest BCUT2D eigenvalue weighted by molar-refractivity contribution is 5.63. The minimum absolute atomic E-state index is 0.285. The van der Waals surface area contributed by atoms with E-state index in [0.717, 1.165) is 30.2 Å². The number of aromatic nitrogens is 2. The fraction of sp³-hybridized carbons (Fsp3) is 0.375. The van der Waals surface area contributed by atoms with Crippen LogP contribution >= 0.6 is 0 Å². The fourth-order valence-electron chi connectivity index (χ4n) is 2.63. The Labute approximate surface area is 125 Å². The predicted octanol–water partition coefficient (Wildman–Crippen LogP) is 3.10. The lowest BCUT2D eigenvalue weighted by molar-refractivity contribution is 0.578. The molecule has 1 aliphatic rings. The number of piperidine rings is 1. The molecular weight excluding hydrogens is 262 g/mol. The summed E-state index contributed by atoms with van der Waals surface area (Å²) >= 11 is 0. The number of nitrogens with zero attached hydrogens (tertiary/aromatic N) is 3. The van der Waals surface area contributed by atoms with Gasteiger partial charge in [0.2, 0.25) is 5.95 Å². The van der Waals surface area contributed by atoms with Gasteiger partial charge in [0.05, 0.1) is 0 Å². The molecule has 0 radical (unpaired) electrons. The van der Waals surface area contributed by atoms with Crippen molar-refractivity contribution in [2.45, 2.75) is 26.2 Å². The molecule has 1 fully saturated rings. The maximum Gasteiger partial charge on any atom is 0.221 e. The number of hydrogen-bond acceptors (Lipinski definition) is 5. The highest BCUT2D eigenvalue weighted by Gasteiger charge is 2.10. The third-order valence-electron chi connectivity index (χ3n) is 3.84. The van der Waals surface area contributed by atoms with E-state index in [9.17, 15) is 0 Å². The summed E-state index contributed by atoms with van der Waals surface area (Å²) in [4.78, 5) is 10.6. The molecule has 0 atom stereocenters. The van der Waals surface area contributed by atoms with Crippen molar-refractivity contribution in [1.82, 2.24) is 9.97 Å². The Morgan fingerprint density at radius 2 is 1.81 bits per heavy atom. The van der Waals surface area contributed by atoms with E-state index in [0.29, 0.717) is 0 Å². The lowest BCUT2D eigenvalue weighted by atomic mass is 10.1. The van der Waals surface area contributed by atoms with Crippen molar-refractivity contribution in [3.8, 4) is 0 Å². The van der Waals surface area contributed by atoms with Gasteiger partial charge in [-0.15, -0.1) is 0 Å². The molecule has 0 bridgehead atoms. The van der Waals surface area contributed by atoms with E-state index < -0.39 is 0 Å². The van der Waals surface area contributed by atoms with Crippen LogP contribution in [0.2, 0.25) is 0 Å². The van der Waals surface area contributed by atoms with Crippen LogP contribution in [0.3, 0.4) is 0 Å². The molecule has 1 aromatic carbocycles. The average Bonchev–Trinajstić information content (AvgIpc) is 2.53. The SMILES string of the molecule is Cc1cnc(N)nc1Nc1ccc(N2CCCCC2)cc1. The number of nitrogens with two attached hydrogens (primary N) is 1. The number of aryl methyl sites for hydroxylation is 1. The molecule has 110 valence electrons. The number of benzene rings is 1. The third kappa shape index (κ3) is 3.24. The van der Waals surface area contributed by atoms with Crippen molar-refractivity contribution < 1.29 is 0 Å². The van der Waals surface area contributed by atoms with Crippen LogP contribution in [0.5, 0.6) is 0 Å². The number of hydrogen-bond donors (Lipinski definition) is 2. The van der Waals surface area contributed by atoms with E-state index in [1.165, 1.54) is 24.9 Å². The van der Waals surface area contributed by atoms with Gasteiger partial charge in [-0.2, -0.15) is 4.98 Å². The minimum Gasteiger partial charge on any atom is -0.372 e. The van der Waals surface area contributed by atoms with Gasteiger partial charge in [-0.05, 0) is 50.5 Å². The molecule has 1 saturated heterocycles. The summed E-state index contributed by atoms with van der Waals surface area (Å²) in [6, 6.07) is 8.49. The summed E-state index contributed by atoms with van der Waals surface area (Å²) in [5, 5.41) is 3.29. The lowest BCUT2D eigenvalue weighted by Crippen LogP contribution is -2.29. The minimum atomic E-state index is 0.285. The van der Waals surface area contributed by atoms with Gasteiger partial charge in [-0.1, -0.05) is 0 Å². The van der Waals surface area contributed by atoms with Crippen LogP contribution in [0.4, 0.5) is 23.1 Å². The van der Waals surface area contributed by atoms with E-state index >= 15 is 0 Å². The molecule has 0 amide bonds. The van der Waals surface area contributed by atoms with Crippen molar-refractivity contribution in [2.24, 2.45) is 0 Å². The van der Waals surface area contributed by atoms with Crippen molar-refractivity contribution in [3.63, 3.8) is 0 Å². The smallest absolute Gasteiger partial charge is 0.221 e. The Morgan fingerprint density at radius 3 is 2.52 bits per heavy atom. The predicted molar refractivity (Wildman–Crippen MR) is 87.0 cm³/mol. The first kappa shape index (κ1) is 13.7. The molecule has 21 heavy (non-hydrogen) atoms. The highest BCUT2D eigenvalue weighted by atomic mass is 15.1. The normalized spacial score (nSPS) is 15.0. The van der Waals surface area contributed by atoms with Crippen LogP contribution < -0.4 is 16.0 Å². The lowest BCUT2D eigenvalue weighted by Gasteiger charge is -2.28. The first-order valence-corrected chi connectivity index (χ1v) is 7.43. The second kappa shape index (κ2) is 5.99. The molecule has 1 aromatic heterocycles. The van der Waals surface area contributed by atoms with Gasteiger partial charge in [0.25, 0.3) is 0 Å². The van der Waals surface area contributed by atoms with E-state index in [1.54, 1.807) is 6.20 Å². The third-order valence-corrected chi connectivity index (χ3v) is 3.84. The highest BCUT2D eigenvalue weighted by Crippen LogP contribution is 2.24. The molecule has 0 aliphatic carbocycles. The summed E-state index contributed by atoms with van der Waals surface area (Å²) in [5.74, 6) is 1.04. The summed E-state index contributed by atoms with van der Waals surface area (Å²) in [6.45, 7) is 4.28. The van der Waals surface area contributed by atoms with E-state index in [4.69, 9.17) is 5.73 Å². The van der Waals surface area contributed by atoms with Crippen molar-refractivity contribution in [2.75, 3.05) is 29.0 Å². The molecule has 3 rings (SSSR count). The van der Waals surface area contributed by atoms with Crippen molar-refractivity contribution >= 4 is 23.1 Å². The largest absolute Gasteiger partial charge is 0.372 e. The number of nitrogen functional groups attached to an aromatic ring is 1. The van der Waals surface area contributed by atoms with E-state index in [1.807, 2.05) is 6.92 Å². The van der Waals surface area contributed by atoms with Gasteiger partial charge < -0.3 is 16.0 Å². The zero-order chi connectivity index (χ0) is 14.7. The van der Waals surface area contributed by atoms with Gasteiger partial charge >= 0.3 is 0 Å². The molecule has 5 nitrogen and oxygen atoms in total. The van der Waals surface area contributed by atoms with Crippen molar-refractivity contribution in [1.29, 1.82) is 0 Å². The Balaban J connectivity index is 1.73. The maximum absolute atomic E-state index is 5.63. The van der Waals surface area contributed by atoms with Crippen LogP contribution in [-0.4, -0.2) is 23.1 Å². The number of nitrogens with one attached hydrogen (secondary N) is 1. The molecule has 3 N–H and O–H groups in total. The number of rotatable bonds is 3. The van der Waals surface area contributed by atoms with Crippen LogP contribution in [0, 0.1) is 6.92 Å². The first-order valence-electron chi connectivity index (χ1n) is 7.43. The van der Waals surface area contributed by atoms with E-state index in [-0.39, 0.29) is 5.95 Å². The zero-order valence-electron chi connectivity index (χ0n) is 12.3. The monoisotopic (exact) mass is 283 g/mol. The summed E-state index contributed by atoms with van der Waals surface area (Å²) in [6.07, 6.45) is 5.66. The van der Waals surface area contributed by atoms with Crippen LogP contribution in [0.15, 0.2) is 30.5 Å². The average molecular weight is 283 g/mol. The molecule has 0 unspecified atom stereocenters. The second-order valence-electron chi connectivity index (χ2n) is 5.48. The van der Waals surface area contributed by atoms with Crippen LogP contribution in [-0.2, 0) is 0 Å². The van der Waals surface area contributed by atoms with Gasteiger partial charge in [0, 0.05) is 36.2 Å². The topological polar surface area (TPSA) is 67.1 Å². The summed E-state index contributed by atoms with van der Waals surface area (Å²) < 4.78 is 0. The molecule has 0 spiro atoms. The molecule has 2 aromatic rings. The zero-order valence-corrected chi connectivity index (χ0v) is 12.3. The van der Waals surface area contributed by atoms with E-state index in [2.05, 4.69) is 44.5 Å². The maximum atomic E-state index is 5.63. The number of anilines is 4. The molecule has 5 heteroatoms. The summed E-state index contributed by atoms with van der Waals surface area (Å²) in [5.41, 5.74) is 8.91. The van der Waals surface area contributed by atoms with Crippen molar-refractivity contribution in [3.05, 3.63) is 36.0 Å². The van der Waals surface area contributed by atoms with Gasteiger partial charge in [-0.25, -0.2) is 4.98 Å². The Hall–Kier alpha value is -2.30. The Morgan fingerprint density at radius 1 is 1.10 bits per heavy atom. The molecule has 2 heterocycles. The van der Waals surface area contributed by atoms with Crippen LogP contribution in [0.25, 0.3) is 0 Å². The Kier molecular flexibility index (Phi) is 3.90. The quantitative estimate of drug-likeness (QED) is 0.906. The summed E-state index contributed by atoms with van der Waals surface area (Å²) in [7, 11) is 0. The van der Waals surface area contributed by atoms with Gasteiger partial charge in [-0.3, -0.25) is 0 Å². The molecular formula is C16H21N5. The van der Waals surface area contributed by atoms with Crippen LogP contribution in [0.1, 0.15) is 24.8 Å².